The monoisotopic (exact) mass is 205 g/mol. The summed E-state index contributed by atoms with van der Waals surface area (Å²) in [6.45, 7) is 1.66. The van der Waals surface area contributed by atoms with Crippen molar-refractivity contribution in [1.82, 2.24) is 4.98 Å². The minimum Gasteiger partial charge on any atom is -0.478 e. The van der Waals surface area contributed by atoms with Crippen LogP contribution in [0.5, 0.6) is 0 Å². The molecule has 1 heterocycles. The summed E-state index contributed by atoms with van der Waals surface area (Å²) in [6, 6.07) is 1.39. The molecule has 0 radical (unpaired) electrons. The Morgan fingerprint density at radius 3 is 2.58 bits per heavy atom. The highest BCUT2D eigenvalue weighted by Gasteiger charge is 2.11. The van der Waals surface area contributed by atoms with Gasteiger partial charge in [-0.25, -0.2) is 9.78 Å². The van der Waals surface area contributed by atoms with Gasteiger partial charge < -0.3 is 5.11 Å². The van der Waals surface area contributed by atoms with Crippen LogP contribution < -0.4 is 0 Å². The molecule has 0 bridgehead atoms. The number of halogens is 2. The number of carbonyl (C=O) groups is 1. The van der Waals surface area contributed by atoms with Crippen molar-refractivity contribution >= 4 is 29.2 Å². The maximum atomic E-state index is 10.5. The number of pyridine rings is 1. The topological polar surface area (TPSA) is 50.2 Å². The molecule has 0 saturated heterocycles. The summed E-state index contributed by atoms with van der Waals surface area (Å²) in [7, 11) is 0. The number of hydrogen-bond donors (Lipinski definition) is 1. The van der Waals surface area contributed by atoms with Crippen molar-refractivity contribution in [3.05, 3.63) is 27.5 Å². The van der Waals surface area contributed by atoms with Crippen molar-refractivity contribution in [2.45, 2.75) is 6.92 Å². The van der Waals surface area contributed by atoms with E-state index in [0.717, 1.165) is 0 Å². The summed E-state index contributed by atoms with van der Waals surface area (Å²) in [4.78, 5) is 14.2. The third kappa shape index (κ3) is 1.68. The van der Waals surface area contributed by atoms with Crippen molar-refractivity contribution in [2.75, 3.05) is 0 Å². The second kappa shape index (κ2) is 3.29. The van der Waals surface area contributed by atoms with Gasteiger partial charge >= 0.3 is 5.97 Å². The standard InChI is InChI=1S/C7H5Cl2NO2/c1-3-2-4(7(11)12)6(9)10-5(3)8/h2H,1H3,(H,11,12). The van der Waals surface area contributed by atoms with E-state index in [9.17, 15) is 4.79 Å². The molecule has 1 rings (SSSR count). The lowest BCUT2D eigenvalue weighted by Gasteiger charge is -2.00. The molecule has 0 aromatic carbocycles. The fourth-order valence-corrected chi connectivity index (χ4v) is 1.12. The van der Waals surface area contributed by atoms with Crippen molar-refractivity contribution in [1.29, 1.82) is 0 Å². The molecule has 0 fully saturated rings. The van der Waals surface area contributed by atoms with Crippen molar-refractivity contribution in [2.24, 2.45) is 0 Å². The molecule has 64 valence electrons. The molecule has 1 aromatic rings. The smallest absolute Gasteiger partial charge is 0.338 e. The molecule has 0 amide bonds. The number of nitrogens with zero attached hydrogens (tertiary/aromatic N) is 1. The summed E-state index contributed by atoms with van der Waals surface area (Å²) in [5.74, 6) is -1.10. The molecule has 1 aromatic heterocycles. The van der Waals surface area contributed by atoms with Crippen LogP contribution in [-0.2, 0) is 0 Å². The van der Waals surface area contributed by atoms with E-state index in [4.69, 9.17) is 28.3 Å². The Balaban J connectivity index is 3.33. The van der Waals surface area contributed by atoms with Crippen LogP contribution in [0.2, 0.25) is 10.3 Å². The van der Waals surface area contributed by atoms with Gasteiger partial charge in [0.25, 0.3) is 0 Å². The van der Waals surface area contributed by atoms with Gasteiger partial charge in [0.15, 0.2) is 0 Å². The molecule has 5 heteroatoms. The highest BCUT2D eigenvalue weighted by molar-refractivity contribution is 6.34. The zero-order valence-corrected chi connectivity index (χ0v) is 7.65. The van der Waals surface area contributed by atoms with E-state index in [1.807, 2.05) is 0 Å². The molecule has 0 saturated carbocycles. The first-order chi connectivity index (χ1) is 5.52. The first-order valence-electron chi connectivity index (χ1n) is 3.08. The lowest BCUT2D eigenvalue weighted by molar-refractivity contribution is 0.0696. The molecule has 0 aliphatic rings. The summed E-state index contributed by atoms with van der Waals surface area (Å²) < 4.78 is 0. The Bertz CT molecular complexity index is 338. The molecule has 12 heavy (non-hydrogen) atoms. The lowest BCUT2D eigenvalue weighted by Crippen LogP contribution is -2.00. The first-order valence-corrected chi connectivity index (χ1v) is 3.84. The van der Waals surface area contributed by atoms with E-state index in [2.05, 4.69) is 4.98 Å². The molecule has 0 atom stereocenters. The number of aryl methyl sites for hydroxylation is 1. The third-order valence-electron chi connectivity index (χ3n) is 1.34. The van der Waals surface area contributed by atoms with Crippen LogP contribution in [0.4, 0.5) is 0 Å². The molecule has 0 unspecified atom stereocenters. The fourth-order valence-electron chi connectivity index (χ4n) is 0.720. The zero-order chi connectivity index (χ0) is 9.30. The minimum absolute atomic E-state index is 0.0291. The Morgan fingerprint density at radius 1 is 1.50 bits per heavy atom. The maximum Gasteiger partial charge on any atom is 0.338 e. The largest absolute Gasteiger partial charge is 0.478 e. The molecular formula is C7H5Cl2NO2. The second-order valence-corrected chi connectivity index (χ2v) is 2.96. The maximum absolute atomic E-state index is 10.5. The van der Waals surface area contributed by atoms with Crippen LogP contribution >= 0.6 is 23.2 Å². The van der Waals surface area contributed by atoms with E-state index < -0.39 is 5.97 Å². The Labute approximate surface area is 78.9 Å². The van der Waals surface area contributed by atoms with E-state index in [1.54, 1.807) is 6.92 Å². The SMILES string of the molecule is Cc1cc(C(=O)O)c(Cl)nc1Cl. The average Bonchev–Trinajstić information content (AvgIpc) is 1.96. The number of carboxylic acid groups (broad SMARTS) is 1. The Hall–Kier alpha value is -0.800. The average molecular weight is 206 g/mol. The zero-order valence-electron chi connectivity index (χ0n) is 6.14. The molecule has 0 aliphatic carbocycles. The van der Waals surface area contributed by atoms with E-state index in [1.165, 1.54) is 6.07 Å². The van der Waals surface area contributed by atoms with Crippen LogP contribution in [0, 0.1) is 6.92 Å². The minimum atomic E-state index is -1.10. The van der Waals surface area contributed by atoms with Crippen LogP contribution in [0.3, 0.4) is 0 Å². The number of rotatable bonds is 1. The molecule has 3 nitrogen and oxygen atoms in total. The van der Waals surface area contributed by atoms with Crippen molar-refractivity contribution in [3.8, 4) is 0 Å². The highest BCUT2D eigenvalue weighted by Crippen LogP contribution is 2.20. The summed E-state index contributed by atoms with van der Waals surface area (Å²) >= 11 is 11.1. The van der Waals surface area contributed by atoms with Crippen LogP contribution in [0.1, 0.15) is 15.9 Å². The van der Waals surface area contributed by atoms with Crippen LogP contribution in [0.25, 0.3) is 0 Å². The third-order valence-corrected chi connectivity index (χ3v) is 2.01. The number of aromatic nitrogens is 1. The van der Waals surface area contributed by atoms with Gasteiger partial charge in [-0.1, -0.05) is 23.2 Å². The van der Waals surface area contributed by atoms with E-state index in [0.29, 0.717) is 5.56 Å². The fraction of sp³-hybridized carbons (Fsp3) is 0.143. The van der Waals surface area contributed by atoms with Crippen LogP contribution in [-0.4, -0.2) is 16.1 Å². The van der Waals surface area contributed by atoms with Gasteiger partial charge in [0.2, 0.25) is 0 Å². The van der Waals surface area contributed by atoms with E-state index in [-0.39, 0.29) is 15.9 Å². The molecule has 1 N–H and O–H groups in total. The van der Waals surface area contributed by atoms with Gasteiger partial charge in [0.1, 0.15) is 10.3 Å². The van der Waals surface area contributed by atoms with Crippen molar-refractivity contribution in [3.63, 3.8) is 0 Å². The number of aromatic carboxylic acids is 1. The molecular weight excluding hydrogens is 201 g/mol. The van der Waals surface area contributed by atoms with Gasteiger partial charge in [-0.05, 0) is 18.6 Å². The van der Waals surface area contributed by atoms with Gasteiger partial charge in [0.05, 0.1) is 5.56 Å². The highest BCUT2D eigenvalue weighted by atomic mass is 35.5. The summed E-state index contributed by atoms with van der Waals surface area (Å²) in [5, 5.41) is 8.76. The predicted octanol–water partition coefficient (Wildman–Crippen LogP) is 2.40. The normalized spacial score (nSPS) is 9.92. The van der Waals surface area contributed by atoms with Crippen LogP contribution in [0.15, 0.2) is 6.07 Å². The number of hydrogen-bond acceptors (Lipinski definition) is 2. The predicted molar refractivity (Wildman–Crippen MR) is 46.0 cm³/mol. The van der Waals surface area contributed by atoms with Gasteiger partial charge in [-0.15, -0.1) is 0 Å². The summed E-state index contributed by atoms with van der Waals surface area (Å²) in [6.07, 6.45) is 0. The van der Waals surface area contributed by atoms with E-state index >= 15 is 0 Å². The van der Waals surface area contributed by atoms with Crippen molar-refractivity contribution < 1.29 is 9.90 Å². The second-order valence-electron chi connectivity index (χ2n) is 2.24. The quantitative estimate of drug-likeness (QED) is 0.717. The van der Waals surface area contributed by atoms with Gasteiger partial charge in [0, 0.05) is 0 Å². The van der Waals surface area contributed by atoms with Gasteiger partial charge in [-0.3, -0.25) is 0 Å². The molecule has 0 spiro atoms. The molecule has 0 aliphatic heterocycles. The Morgan fingerprint density at radius 2 is 2.08 bits per heavy atom. The number of carboxylic acids is 1. The summed E-state index contributed by atoms with van der Waals surface area (Å²) in [5.41, 5.74) is 0.567. The van der Waals surface area contributed by atoms with Gasteiger partial charge in [-0.2, -0.15) is 0 Å². The first kappa shape index (κ1) is 9.29. The Kier molecular flexibility index (Phi) is 2.55. The lowest BCUT2D eigenvalue weighted by atomic mass is 10.2.